The lowest BCUT2D eigenvalue weighted by molar-refractivity contribution is -0.150. The fourth-order valence-electron chi connectivity index (χ4n) is 1.81. The van der Waals surface area contributed by atoms with E-state index < -0.39 is 9.84 Å². The summed E-state index contributed by atoms with van der Waals surface area (Å²) in [6, 6.07) is 9.14. The molecule has 105 valence electrons. The van der Waals surface area contributed by atoms with E-state index in [1.165, 1.54) is 0 Å². The minimum Gasteiger partial charge on any atom is -0.350 e. The van der Waals surface area contributed by atoms with Gasteiger partial charge in [-0.1, -0.05) is 30.3 Å². The summed E-state index contributed by atoms with van der Waals surface area (Å²) in [5, 5.41) is 4.14. The number of benzene rings is 1. The molecule has 19 heavy (non-hydrogen) atoms. The summed E-state index contributed by atoms with van der Waals surface area (Å²) < 4.78 is 34.5. The molecule has 6 heteroatoms. The molecule has 0 aromatic heterocycles. The van der Waals surface area contributed by atoms with Gasteiger partial charge in [0.1, 0.15) is 0 Å². The highest BCUT2D eigenvalue weighted by molar-refractivity contribution is 7.90. The van der Waals surface area contributed by atoms with Crippen LogP contribution >= 0.6 is 0 Å². The van der Waals surface area contributed by atoms with Gasteiger partial charge in [-0.2, -0.15) is 0 Å². The zero-order chi connectivity index (χ0) is 13.6. The zero-order valence-electron chi connectivity index (χ0n) is 10.7. The second-order valence-corrected chi connectivity index (χ2v) is 6.56. The van der Waals surface area contributed by atoms with Gasteiger partial charge in [0.15, 0.2) is 16.1 Å². The van der Waals surface area contributed by atoms with Crippen LogP contribution in [0.25, 0.3) is 0 Å². The molecule has 2 rings (SSSR count). The van der Waals surface area contributed by atoms with Crippen molar-refractivity contribution in [2.75, 3.05) is 32.1 Å². The Bertz CT molecular complexity index is 469. The van der Waals surface area contributed by atoms with Gasteiger partial charge in [-0.15, -0.1) is 0 Å². The molecule has 1 fully saturated rings. The first-order valence-electron chi connectivity index (χ1n) is 6.26. The minimum atomic E-state index is -3.15. The Morgan fingerprint density at radius 1 is 1.32 bits per heavy atom. The van der Waals surface area contributed by atoms with Crippen LogP contribution < -0.4 is 5.32 Å². The van der Waals surface area contributed by atoms with Crippen molar-refractivity contribution in [3.8, 4) is 0 Å². The van der Waals surface area contributed by atoms with Gasteiger partial charge in [0, 0.05) is 6.54 Å². The Hall–Kier alpha value is -0.950. The van der Waals surface area contributed by atoms with E-state index in [4.69, 9.17) is 9.47 Å². The van der Waals surface area contributed by atoms with Gasteiger partial charge < -0.3 is 9.47 Å². The van der Waals surface area contributed by atoms with Crippen LogP contribution in [0.2, 0.25) is 0 Å². The summed E-state index contributed by atoms with van der Waals surface area (Å²) >= 11 is 0. The van der Waals surface area contributed by atoms with Crippen molar-refractivity contribution in [2.45, 2.75) is 12.0 Å². The van der Waals surface area contributed by atoms with Crippen molar-refractivity contribution in [1.82, 2.24) is 5.32 Å². The molecule has 1 radical (unpaired) electrons. The van der Waals surface area contributed by atoms with E-state index in [1.807, 2.05) is 30.3 Å². The van der Waals surface area contributed by atoms with Gasteiger partial charge in [0.05, 0.1) is 31.3 Å². The maximum Gasteiger partial charge on any atom is 0.171 e. The molecule has 0 bridgehead atoms. The normalized spacial score (nSPS) is 20.3. The van der Waals surface area contributed by atoms with Crippen LogP contribution in [0.3, 0.4) is 0 Å². The number of hydrogen-bond donors (Lipinski definition) is 0. The Morgan fingerprint density at radius 2 is 2.11 bits per heavy atom. The first-order chi connectivity index (χ1) is 9.16. The standard InChI is InChI=1S/C13H18NO4S/c15-19(16,11-12-4-2-1-3-5-12)9-8-18-13-10-14-6-7-17-13/h1-5,13H,6-11H2. The first-order valence-corrected chi connectivity index (χ1v) is 8.09. The number of morpholine rings is 1. The molecule has 1 atom stereocenters. The quantitative estimate of drug-likeness (QED) is 0.766. The summed E-state index contributed by atoms with van der Waals surface area (Å²) in [6.07, 6.45) is -0.388. The van der Waals surface area contributed by atoms with Crippen molar-refractivity contribution in [2.24, 2.45) is 0 Å². The summed E-state index contributed by atoms with van der Waals surface area (Å²) in [6.45, 7) is 1.86. The Morgan fingerprint density at radius 3 is 2.79 bits per heavy atom. The van der Waals surface area contributed by atoms with E-state index in [0.29, 0.717) is 19.7 Å². The molecule has 1 aromatic rings. The van der Waals surface area contributed by atoms with Crippen LogP contribution in [0.5, 0.6) is 0 Å². The van der Waals surface area contributed by atoms with Crippen LogP contribution in [0.15, 0.2) is 30.3 Å². The van der Waals surface area contributed by atoms with Gasteiger partial charge in [-0.3, -0.25) is 0 Å². The number of hydrogen-bond acceptors (Lipinski definition) is 4. The molecule has 0 spiro atoms. The summed E-state index contributed by atoms with van der Waals surface area (Å²) in [5.41, 5.74) is 0.798. The second kappa shape index (κ2) is 7.00. The average molecular weight is 284 g/mol. The van der Waals surface area contributed by atoms with Gasteiger partial charge in [-0.25, -0.2) is 13.7 Å². The zero-order valence-corrected chi connectivity index (χ0v) is 11.5. The van der Waals surface area contributed by atoms with E-state index in [2.05, 4.69) is 5.32 Å². The molecule has 0 amide bonds. The highest BCUT2D eigenvalue weighted by atomic mass is 32.2. The monoisotopic (exact) mass is 284 g/mol. The molecule has 1 aliphatic rings. The highest BCUT2D eigenvalue weighted by Crippen LogP contribution is 2.07. The van der Waals surface area contributed by atoms with E-state index in [-0.39, 0.29) is 24.4 Å². The fraction of sp³-hybridized carbons (Fsp3) is 0.538. The van der Waals surface area contributed by atoms with Crippen molar-refractivity contribution in [3.63, 3.8) is 0 Å². The van der Waals surface area contributed by atoms with E-state index >= 15 is 0 Å². The molecule has 1 saturated heterocycles. The molecule has 1 heterocycles. The van der Waals surface area contributed by atoms with Crippen molar-refractivity contribution in [1.29, 1.82) is 0 Å². The second-order valence-electron chi connectivity index (χ2n) is 4.38. The summed E-state index contributed by atoms with van der Waals surface area (Å²) in [5.74, 6) is 0.0504. The summed E-state index contributed by atoms with van der Waals surface area (Å²) in [7, 11) is -3.15. The third-order valence-corrected chi connectivity index (χ3v) is 4.32. The van der Waals surface area contributed by atoms with Crippen LogP contribution in [0.4, 0.5) is 0 Å². The van der Waals surface area contributed by atoms with Crippen molar-refractivity contribution in [3.05, 3.63) is 35.9 Å². The number of nitrogens with zero attached hydrogens (tertiary/aromatic N) is 1. The van der Waals surface area contributed by atoms with Crippen LogP contribution in [-0.2, 0) is 25.1 Å². The van der Waals surface area contributed by atoms with Gasteiger partial charge >= 0.3 is 0 Å². The minimum absolute atomic E-state index is 0.00174. The van der Waals surface area contributed by atoms with E-state index in [9.17, 15) is 8.42 Å². The predicted molar refractivity (Wildman–Crippen MR) is 71.5 cm³/mol. The molecule has 0 N–H and O–H groups in total. The Labute approximate surface area is 113 Å². The smallest absolute Gasteiger partial charge is 0.171 e. The molecule has 1 aromatic carbocycles. The van der Waals surface area contributed by atoms with Crippen LogP contribution in [0.1, 0.15) is 5.56 Å². The predicted octanol–water partition coefficient (Wildman–Crippen LogP) is 0.579. The Kier molecular flexibility index (Phi) is 5.33. The van der Waals surface area contributed by atoms with Crippen LogP contribution in [0, 0.1) is 0 Å². The Balaban J connectivity index is 1.74. The summed E-state index contributed by atoms with van der Waals surface area (Å²) in [4.78, 5) is 0. The third-order valence-electron chi connectivity index (χ3n) is 2.76. The van der Waals surface area contributed by atoms with Gasteiger partial charge in [0.2, 0.25) is 0 Å². The molecule has 1 aliphatic heterocycles. The third kappa shape index (κ3) is 5.28. The highest BCUT2D eigenvalue weighted by Gasteiger charge is 2.17. The average Bonchev–Trinajstić information content (AvgIpc) is 2.40. The van der Waals surface area contributed by atoms with E-state index in [0.717, 1.165) is 5.56 Å². The van der Waals surface area contributed by atoms with Crippen LogP contribution in [-0.4, -0.2) is 46.8 Å². The topological polar surface area (TPSA) is 66.7 Å². The maximum absolute atomic E-state index is 11.9. The largest absolute Gasteiger partial charge is 0.350 e. The van der Waals surface area contributed by atoms with Gasteiger partial charge in [-0.05, 0) is 5.56 Å². The lowest BCUT2D eigenvalue weighted by atomic mass is 10.2. The molecule has 0 aliphatic carbocycles. The molecule has 5 nitrogen and oxygen atoms in total. The molecular weight excluding hydrogens is 266 g/mol. The number of ether oxygens (including phenoxy) is 2. The fourth-order valence-corrected chi connectivity index (χ4v) is 3.00. The maximum atomic E-state index is 11.9. The van der Waals surface area contributed by atoms with Crippen molar-refractivity contribution >= 4 is 9.84 Å². The molecule has 0 saturated carbocycles. The molecular formula is C13H18NO4S. The number of sulfone groups is 1. The van der Waals surface area contributed by atoms with Gasteiger partial charge in [0.25, 0.3) is 0 Å². The van der Waals surface area contributed by atoms with E-state index in [1.54, 1.807) is 0 Å². The lowest BCUT2D eigenvalue weighted by Gasteiger charge is -2.22. The number of rotatable bonds is 6. The first kappa shape index (κ1) is 14.5. The SMILES string of the molecule is O=S(=O)(CCOC1C[N]CCO1)Cc1ccccc1. The molecule has 1 unspecified atom stereocenters. The van der Waals surface area contributed by atoms with Crippen molar-refractivity contribution < 1.29 is 17.9 Å². The lowest BCUT2D eigenvalue weighted by Crippen LogP contribution is -2.36.